The topological polar surface area (TPSA) is 81.3 Å². The Morgan fingerprint density at radius 3 is 2.62 bits per heavy atom. The van der Waals surface area contributed by atoms with Crippen molar-refractivity contribution in [3.05, 3.63) is 69.9 Å². The molecule has 0 aromatic heterocycles. The first-order chi connectivity index (χ1) is 16.2. The van der Waals surface area contributed by atoms with E-state index in [4.69, 9.17) is 0 Å². The summed E-state index contributed by atoms with van der Waals surface area (Å²) in [4.78, 5) is 26.2. The highest BCUT2D eigenvalue weighted by Gasteiger charge is 2.50. The summed E-state index contributed by atoms with van der Waals surface area (Å²) in [5, 5.41) is 19.9. The van der Waals surface area contributed by atoms with Crippen molar-refractivity contribution in [2.45, 2.75) is 70.9 Å². The van der Waals surface area contributed by atoms with Crippen LogP contribution in [0.15, 0.2) is 42.5 Å². The molecular weight excluding hydrogens is 426 g/mol. The largest absolute Gasteiger partial charge is 0.625 e. The highest BCUT2D eigenvalue weighted by molar-refractivity contribution is 6.04. The van der Waals surface area contributed by atoms with Crippen molar-refractivity contribution in [1.82, 2.24) is 5.32 Å². The Morgan fingerprint density at radius 2 is 1.91 bits per heavy atom. The zero-order chi connectivity index (χ0) is 24.5. The molecule has 2 saturated heterocycles. The molecular formula is C28H37N3O3. The second-order valence-corrected chi connectivity index (χ2v) is 10.3. The Kier molecular flexibility index (Phi) is 7.22. The fourth-order valence-electron chi connectivity index (χ4n) is 5.61. The average molecular weight is 464 g/mol. The van der Waals surface area contributed by atoms with E-state index in [1.807, 2.05) is 49.4 Å². The SMILES string of the molecule is CCCCc1ccc(C(=O)Nc2ccc(C)c(C3CC4CNC(C)CC4[N+](C)([O-])C3=O)c2)cc1. The number of likely N-dealkylation sites (tertiary alicyclic amines) is 1. The number of piperidine rings is 2. The van der Waals surface area contributed by atoms with Crippen LogP contribution in [0.1, 0.15) is 72.5 Å². The van der Waals surface area contributed by atoms with Crippen LogP contribution in [-0.4, -0.2) is 42.1 Å². The van der Waals surface area contributed by atoms with Gasteiger partial charge in [-0.15, -0.1) is 0 Å². The summed E-state index contributed by atoms with van der Waals surface area (Å²) in [5.41, 5.74) is 4.29. The number of amides is 2. The number of anilines is 1. The predicted octanol–water partition coefficient (Wildman–Crippen LogP) is 4.91. The molecule has 0 bridgehead atoms. The van der Waals surface area contributed by atoms with Crippen LogP contribution in [0.4, 0.5) is 5.69 Å². The van der Waals surface area contributed by atoms with E-state index in [1.165, 1.54) is 12.6 Å². The number of hydrogen-bond donors (Lipinski definition) is 2. The van der Waals surface area contributed by atoms with E-state index in [2.05, 4.69) is 24.5 Å². The summed E-state index contributed by atoms with van der Waals surface area (Å²) < 4.78 is -0.818. The zero-order valence-corrected chi connectivity index (χ0v) is 20.8. The van der Waals surface area contributed by atoms with E-state index in [0.29, 0.717) is 17.7 Å². The second-order valence-electron chi connectivity index (χ2n) is 10.3. The molecule has 34 heavy (non-hydrogen) atoms. The summed E-state index contributed by atoms with van der Waals surface area (Å²) in [6, 6.07) is 13.5. The molecule has 2 aromatic rings. The molecule has 0 spiro atoms. The number of likely N-dealkylation sites (N-methyl/N-ethyl adjacent to an activating group) is 1. The van der Waals surface area contributed by atoms with Crippen molar-refractivity contribution < 1.29 is 14.2 Å². The number of nitrogens with zero attached hydrogens (tertiary/aromatic N) is 1. The molecule has 2 N–H and O–H groups in total. The Bertz CT molecular complexity index is 1050. The minimum absolute atomic E-state index is 0.158. The molecule has 2 fully saturated rings. The van der Waals surface area contributed by atoms with E-state index in [9.17, 15) is 14.8 Å². The number of hydroxylamine groups is 3. The number of rotatable bonds is 6. The van der Waals surface area contributed by atoms with Crippen molar-refractivity contribution in [2.75, 3.05) is 18.9 Å². The number of hydrogen-bond acceptors (Lipinski definition) is 4. The molecule has 0 radical (unpaired) electrons. The van der Waals surface area contributed by atoms with Crippen LogP contribution in [0.25, 0.3) is 0 Å². The van der Waals surface area contributed by atoms with Gasteiger partial charge in [-0.3, -0.25) is 9.44 Å². The molecule has 4 rings (SSSR count). The third-order valence-corrected chi connectivity index (χ3v) is 7.72. The molecule has 5 unspecified atom stereocenters. The van der Waals surface area contributed by atoms with Crippen molar-refractivity contribution in [2.24, 2.45) is 5.92 Å². The number of benzene rings is 2. The number of unbranched alkanes of at least 4 members (excludes halogenated alkanes) is 1. The van der Waals surface area contributed by atoms with Gasteiger partial charge in [-0.05, 0) is 74.1 Å². The minimum Gasteiger partial charge on any atom is -0.625 e. The number of fused-ring (bicyclic) bond motifs is 1. The summed E-state index contributed by atoms with van der Waals surface area (Å²) in [7, 11) is 1.52. The maximum Gasteiger partial charge on any atom is 0.321 e. The van der Waals surface area contributed by atoms with Gasteiger partial charge in [-0.1, -0.05) is 31.5 Å². The lowest BCUT2D eigenvalue weighted by molar-refractivity contribution is -0.822. The van der Waals surface area contributed by atoms with Crippen LogP contribution in [0.5, 0.6) is 0 Å². The van der Waals surface area contributed by atoms with E-state index in [1.54, 1.807) is 0 Å². The molecule has 2 aliphatic heterocycles. The molecule has 0 aliphatic carbocycles. The summed E-state index contributed by atoms with van der Waals surface area (Å²) in [6.45, 7) is 6.96. The first kappa shape index (κ1) is 24.6. The van der Waals surface area contributed by atoms with Crippen molar-refractivity contribution in [3.63, 3.8) is 0 Å². The van der Waals surface area contributed by atoms with Gasteiger partial charge in [0.15, 0.2) is 0 Å². The molecule has 2 heterocycles. The van der Waals surface area contributed by atoms with E-state index in [0.717, 1.165) is 43.4 Å². The van der Waals surface area contributed by atoms with Crippen LogP contribution >= 0.6 is 0 Å². The predicted molar refractivity (Wildman–Crippen MR) is 135 cm³/mol. The fraction of sp³-hybridized carbons (Fsp3) is 0.500. The molecule has 182 valence electrons. The van der Waals surface area contributed by atoms with Gasteiger partial charge in [-0.25, -0.2) is 4.79 Å². The quantitative estimate of drug-likeness (QED) is 0.471. The first-order valence-electron chi connectivity index (χ1n) is 12.6. The normalized spacial score (nSPS) is 28.9. The Labute approximate surface area is 202 Å². The van der Waals surface area contributed by atoms with Gasteiger partial charge in [0.2, 0.25) is 0 Å². The van der Waals surface area contributed by atoms with Crippen molar-refractivity contribution in [3.8, 4) is 0 Å². The first-order valence-corrected chi connectivity index (χ1v) is 12.6. The lowest BCUT2D eigenvalue weighted by atomic mass is 9.74. The van der Waals surface area contributed by atoms with Crippen LogP contribution in [0.2, 0.25) is 0 Å². The third kappa shape index (κ3) is 4.95. The van der Waals surface area contributed by atoms with E-state index < -0.39 is 10.6 Å². The molecule has 6 nitrogen and oxygen atoms in total. The molecule has 6 heteroatoms. The highest BCUT2D eigenvalue weighted by Crippen LogP contribution is 2.42. The number of aryl methyl sites for hydroxylation is 2. The molecule has 2 amide bonds. The number of carbonyl (C=O) groups excluding carboxylic acids is 2. The molecule has 2 aliphatic rings. The van der Waals surface area contributed by atoms with Crippen molar-refractivity contribution >= 4 is 17.5 Å². The van der Waals surface area contributed by atoms with Gasteiger partial charge in [0.1, 0.15) is 12.0 Å². The maximum atomic E-state index is 13.5. The van der Waals surface area contributed by atoms with Crippen LogP contribution in [0.3, 0.4) is 0 Å². The monoisotopic (exact) mass is 463 g/mol. The average Bonchev–Trinajstić information content (AvgIpc) is 2.82. The van der Waals surface area contributed by atoms with Crippen LogP contribution < -0.4 is 10.6 Å². The Balaban J connectivity index is 1.53. The van der Waals surface area contributed by atoms with Gasteiger partial charge in [0, 0.05) is 36.2 Å². The van der Waals surface area contributed by atoms with Crippen molar-refractivity contribution in [1.29, 1.82) is 0 Å². The number of quaternary nitrogens is 1. The van der Waals surface area contributed by atoms with Gasteiger partial charge >= 0.3 is 5.91 Å². The van der Waals surface area contributed by atoms with Gasteiger partial charge in [0.25, 0.3) is 5.91 Å². The molecule has 2 aromatic carbocycles. The highest BCUT2D eigenvalue weighted by atomic mass is 16.6. The number of nitrogens with one attached hydrogen (secondary N) is 2. The Morgan fingerprint density at radius 1 is 1.18 bits per heavy atom. The molecule has 0 saturated carbocycles. The van der Waals surface area contributed by atoms with Gasteiger partial charge < -0.3 is 15.8 Å². The zero-order valence-electron chi connectivity index (χ0n) is 20.8. The minimum atomic E-state index is -0.818. The third-order valence-electron chi connectivity index (χ3n) is 7.72. The lowest BCUT2D eigenvalue weighted by Crippen LogP contribution is -2.65. The van der Waals surface area contributed by atoms with Gasteiger partial charge in [-0.2, -0.15) is 0 Å². The maximum absolute atomic E-state index is 13.5. The van der Waals surface area contributed by atoms with Gasteiger partial charge in [0.05, 0.1) is 7.05 Å². The summed E-state index contributed by atoms with van der Waals surface area (Å²) in [5.74, 6) is -0.759. The lowest BCUT2D eigenvalue weighted by Gasteiger charge is -2.54. The second kappa shape index (κ2) is 9.98. The van der Waals surface area contributed by atoms with E-state index >= 15 is 0 Å². The Hall–Kier alpha value is -2.54. The summed E-state index contributed by atoms with van der Waals surface area (Å²) in [6.07, 6.45) is 4.67. The standard InChI is InChI=1S/C28H37N3O3/c1-5-6-7-20-9-11-21(12-10-20)27(32)30-23-13-8-18(2)24(16-23)25-15-22-17-29-19(3)14-26(22)31(4,34)28(25)33/h8-13,16,19,22,25-26,29H,5-7,14-15,17H2,1-4H3,(H,30,32). The summed E-state index contributed by atoms with van der Waals surface area (Å²) >= 11 is 0. The fourth-order valence-corrected chi connectivity index (χ4v) is 5.61. The smallest absolute Gasteiger partial charge is 0.321 e. The van der Waals surface area contributed by atoms with Crippen LogP contribution in [0, 0.1) is 18.0 Å². The number of carbonyl (C=O) groups is 2. The van der Waals surface area contributed by atoms with Crippen LogP contribution in [-0.2, 0) is 11.2 Å². The molecule has 5 atom stereocenters. The van der Waals surface area contributed by atoms with E-state index in [-0.39, 0.29) is 29.8 Å².